The van der Waals surface area contributed by atoms with Gasteiger partial charge in [-0.1, -0.05) is 19.1 Å². The molecule has 1 amide bonds. The van der Waals surface area contributed by atoms with Crippen LogP contribution in [0, 0.1) is 0 Å². The highest BCUT2D eigenvalue weighted by atomic mass is 32.2. The van der Waals surface area contributed by atoms with E-state index in [0.29, 0.717) is 12.1 Å². The third-order valence-corrected chi connectivity index (χ3v) is 3.91. The van der Waals surface area contributed by atoms with Crippen LogP contribution in [0.15, 0.2) is 29.2 Å². The summed E-state index contributed by atoms with van der Waals surface area (Å²) in [6, 6.07) is 5.85. The molecular weight excluding hydrogens is 296 g/mol. The molecule has 0 fully saturated rings. The second kappa shape index (κ2) is 6.81. The van der Waals surface area contributed by atoms with Crippen LogP contribution in [0.2, 0.25) is 0 Å². The fraction of sp³-hybridized carbons (Fsp3) is 0.385. The number of hydrogen-bond donors (Lipinski definition) is 1. The Balaban J connectivity index is 2.97. The van der Waals surface area contributed by atoms with Gasteiger partial charge < -0.3 is 10.6 Å². The Hall–Kier alpha value is -1.47. The number of carbonyl (C=O) groups excluding carboxylic acids is 1. The molecule has 0 heterocycles. The van der Waals surface area contributed by atoms with Gasteiger partial charge in [0.2, 0.25) is 0 Å². The summed E-state index contributed by atoms with van der Waals surface area (Å²) in [7, 11) is -3.26. The Kier molecular flexibility index (Phi) is 5.64. The molecule has 0 spiro atoms. The van der Waals surface area contributed by atoms with Crippen LogP contribution in [-0.4, -0.2) is 43.6 Å². The Morgan fingerprint density at radius 2 is 1.85 bits per heavy atom. The van der Waals surface area contributed by atoms with Gasteiger partial charge >= 0.3 is 0 Å². The standard InChI is InChI=1S/C13H18N2O3S2/c1-3-8-15(9-12(14)19)13(16)10-4-6-11(7-5-10)20(2,17)18/h4-7H,3,8-9H2,1-2H3,(H2,14,19). The molecule has 0 unspecified atom stereocenters. The first-order valence-electron chi connectivity index (χ1n) is 6.13. The lowest BCUT2D eigenvalue weighted by molar-refractivity contribution is 0.0780. The third-order valence-electron chi connectivity index (χ3n) is 2.66. The molecule has 1 rings (SSSR count). The molecule has 0 radical (unpaired) electrons. The summed E-state index contributed by atoms with van der Waals surface area (Å²) in [5.74, 6) is -0.209. The quantitative estimate of drug-likeness (QED) is 0.799. The summed E-state index contributed by atoms with van der Waals surface area (Å²) in [5.41, 5.74) is 5.90. The van der Waals surface area contributed by atoms with Crippen LogP contribution in [-0.2, 0) is 9.84 Å². The molecule has 0 saturated carbocycles. The van der Waals surface area contributed by atoms with Gasteiger partial charge in [0, 0.05) is 18.4 Å². The van der Waals surface area contributed by atoms with Crippen molar-refractivity contribution in [2.24, 2.45) is 5.73 Å². The number of nitrogens with zero attached hydrogens (tertiary/aromatic N) is 1. The Morgan fingerprint density at radius 1 is 1.30 bits per heavy atom. The molecule has 1 aromatic carbocycles. The lowest BCUT2D eigenvalue weighted by atomic mass is 10.2. The van der Waals surface area contributed by atoms with Gasteiger partial charge in [-0.3, -0.25) is 4.79 Å². The van der Waals surface area contributed by atoms with Crippen molar-refractivity contribution in [1.82, 2.24) is 4.90 Å². The largest absolute Gasteiger partial charge is 0.392 e. The van der Waals surface area contributed by atoms with Gasteiger partial charge in [-0.15, -0.1) is 0 Å². The number of carbonyl (C=O) groups is 1. The predicted molar refractivity (Wildman–Crippen MR) is 82.5 cm³/mol. The van der Waals surface area contributed by atoms with E-state index < -0.39 is 9.84 Å². The normalized spacial score (nSPS) is 11.1. The zero-order valence-electron chi connectivity index (χ0n) is 11.5. The van der Waals surface area contributed by atoms with Crippen molar-refractivity contribution in [2.75, 3.05) is 19.3 Å². The maximum atomic E-state index is 12.3. The van der Waals surface area contributed by atoms with E-state index in [0.717, 1.165) is 12.7 Å². The molecule has 0 bridgehead atoms. The van der Waals surface area contributed by atoms with Gasteiger partial charge in [0.05, 0.1) is 16.4 Å². The van der Waals surface area contributed by atoms with Crippen LogP contribution < -0.4 is 5.73 Å². The van der Waals surface area contributed by atoms with E-state index in [9.17, 15) is 13.2 Å². The maximum absolute atomic E-state index is 12.3. The highest BCUT2D eigenvalue weighted by Crippen LogP contribution is 2.12. The van der Waals surface area contributed by atoms with Crippen molar-refractivity contribution in [3.8, 4) is 0 Å². The van der Waals surface area contributed by atoms with E-state index in [2.05, 4.69) is 0 Å². The molecule has 7 heteroatoms. The van der Waals surface area contributed by atoms with Gasteiger partial charge in [0.15, 0.2) is 9.84 Å². The summed E-state index contributed by atoms with van der Waals surface area (Å²) >= 11 is 4.83. The number of hydrogen-bond acceptors (Lipinski definition) is 4. The zero-order chi connectivity index (χ0) is 15.3. The van der Waals surface area contributed by atoms with Gasteiger partial charge in [-0.2, -0.15) is 0 Å². The average molecular weight is 314 g/mol. The monoisotopic (exact) mass is 314 g/mol. The highest BCUT2D eigenvalue weighted by molar-refractivity contribution is 7.90. The molecule has 110 valence electrons. The minimum absolute atomic E-state index is 0.186. The minimum atomic E-state index is -3.26. The van der Waals surface area contributed by atoms with Crippen LogP contribution in [0.4, 0.5) is 0 Å². The van der Waals surface area contributed by atoms with Crippen molar-refractivity contribution < 1.29 is 13.2 Å². The van der Waals surface area contributed by atoms with Gasteiger partial charge in [-0.25, -0.2) is 8.42 Å². The third kappa shape index (κ3) is 4.57. The van der Waals surface area contributed by atoms with E-state index in [1.807, 2.05) is 6.92 Å². The number of thiocarbonyl (C=S) groups is 1. The molecule has 0 aromatic heterocycles. The smallest absolute Gasteiger partial charge is 0.254 e. The van der Waals surface area contributed by atoms with Gasteiger partial charge in [0.1, 0.15) is 0 Å². The molecule has 0 aliphatic carbocycles. The molecule has 0 saturated heterocycles. The lowest BCUT2D eigenvalue weighted by Crippen LogP contribution is -2.38. The molecule has 1 aromatic rings. The summed E-state index contributed by atoms with van der Waals surface area (Å²) in [6.07, 6.45) is 1.91. The van der Waals surface area contributed by atoms with E-state index in [1.54, 1.807) is 4.90 Å². The van der Waals surface area contributed by atoms with Crippen LogP contribution in [0.5, 0.6) is 0 Å². The predicted octanol–water partition coefficient (Wildman–Crippen LogP) is 1.23. The Labute approximate surface area is 124 Å². The Morgan fingerprint density at radius 3 is 2.25 bits per heavy atom. The van der Waals surface area contributed by atoms with Crippen molar-refractivity contribution in [1.29, 1.82) is 0 Å². The second-order valence-electron chi connectivity index (χ2n) is 4.49. The van der Waals surface area contributed by atoms with Gasteiger partial charge in [-0.05, 0) is 30.7 Å². The van der Waals surface area contributed by atoms with Crippen molar-refractivity contribution in [3.63, 3.8) is 0 Å². The minimum Gasteiger partial charge on any atom is -0.392 e. The highest BCUT2D eigenvalue weighted by Gasteiger charge is 2.16. The summed E-state index contributed by atoms with van der Waals surface area (Å²) in [4.78, 5) is 14.3. The molecule has 0 aliphatic rings. The summed E-state index contributed by atoms with van der Waals surface area (Å²) in [5, 5.41) is 0. The topological polar surface area (TPSA) is 80.5 Å². The van der Waals surface area contributed by atoms with Crippen LogP contribution >= 0.6 is 12.2 Å². The second-order valence-corrected chi connectivity index (χ2v) is 7.03. The molecule has 0 atom stereocenters. The first kappa shape index (κ1) is 16.6. The first-order chi connectivity index (χ1) is 9.25. The number of rotatable bonds is 6. The molecule has 0 aliphatic heterocycles. The fourth-order valence-corrected chi connectivity index (χ4v) is 2.52. The zero-order valence-corrected chi connectivity index (χ0v) is 13.1. The number of amides is 1. The van der Waals surface area contributed by atoms with E-state index in [-0.39, 0.29) is 22.3 Å². The van der Waals surface area contributed by atoms with Crippen molar-refractivity contribution in [3.05, 3.63) is 29.8 Å². The van der Waals surface area contributed by atoms with E-state index in [1.165, 1.54) is 24.3 Å². The number of benzene rings is 1. The number of sulfone groups is 1. The van der Waals surface area contributed by atoms with E-state index >= 15 is 0 Å². The lowest BCUT2D eigenvalue weighted by Gasteiger charge is -2.21. The fourth-order valence-electron chi connectivity index (χ4n) is 1.74. The average Bonchev–Trinajstić information content (AvgIpc) is 2.36. The summed E-state index contributed by atoms with van der Waals surface area (Å²) < 4.78 is 22.7. The SMILES string of the molecule is CCCN(CC(N)=S)C(=O)c1ccc(S(C)(=O)=O)cc1. The van der Waals surface area contributed by atoms with Crippen LogP contribution in [0.1, 0.15) is 23.7 Å². The van der Waals surface area contributed by atoms with Crippen LogP contribution in [0.3, 0.4) is 0 Å². The molecule has 2 N–H and O–H groups in total. The van der Waals surface area contributed by atoms with Crippen molar-refractivity contribution in [2.45, 2.75) is 18.2 Å². The Bertz CT molecular complexity index is 595. The summed E-state index contributed by atoms with van der Waals surface area (Å²) in [6.45, 7) is 2.71. The van der Waals surface area contributed by atoms with Crippen LogP contribution in [0.25, 0.3) is 0 Å². The molecule has 5 nitrogen and oxygen atoms in total. The molecular formula is C13H18N2O3S2. The van der Waals surface area contributed by atoms with Gasteiger partial charge in [0.25, 0.3) is 5.91 Å². The number of nitrogens with two attached hydrogens (primary N) is 1. The first-order valence-corrected chi connectivity index (χ1v) is 8.43. The van der Waals surface area contributed by atoms with E-state index in [4.69, 9.17) is 18.0 Å². The van der Waals surface area contributed by atoms with Crippen molar-refractivity contribution >= 4 is 33.0 Å². The maximum Gasteiger partial charge on any atom is 0.254 e. The molecule has 20 heavy (non-hydrogen) atoms.